The summed E-state index contributed by atoms with van der Waals surface area (Å²) in [7, 11) is 0. The van der Waals surface area contributed by atoms with Gasteiger partial charge < -0.3 is 19.9 Å². The molecular formula is C19H23NO4. The van der Waals surface area contributed by atoms with Crippen LogP contribution < -0.4 is 5.32 Å². The van der Waals surface area contributed by atoms with E-state index in [1.807, 2.05) is 60.7 Å². The maximum atomic E-state index is 11.6. The van der Waals surface area contributed by atoms with Gasteiger partial charge in [-0.3, -0.25) is 4.79 Å². The van der Waals surface area contributed by atoms with Gasteiger partial charge in [0.05, 0.1) is 25.9 Å². The maximum Gasteiger partial charge on any atom is 0.320 e. The Morgan fingerprint density at radius 1 is 0.958 bits per heavy atom. The summed E-state index contributed by atoms with van der Waals surface area (Å²) in [5, 5.41) is 12.7. The summed E-state index contributed by atoms with van der Waals surface area (Å²) < 4.78 is 10.6. The molecule has 0 saturated heterocycles. The average Bonchev–Trinajstić information content (AvgIpc) is 2.62. The van der Waals surface area contributed by atoms with Crippen LogP contribution in [0.4, 0.5) is 0 Å². The molecule has 0 saturated carbocycles. The molecule has 2 N–H and O–H groups in total. The number of carbonyl (C=O) groups excluding carboxylic acids is 1. The number of nitrogens with one attached hydrogen (secondary N) is 1. The SMILES string of the molecule is O=C(CNC[C@@H](O)COCc1ccccc1)OCc1ccccc1. The van der Waals surface area contributed by atoms with Gasteiger partial charge in [0, 0.05) is 6.54 Å². The van der Waals surface area contributed by atoms with Gasteiger partial charge in [-0.1, -0.05) is 60.7 Å². The molecule has 0 heterocycles. The standard InChI is InChI=1S/C19H23NO4/c21-18(15-23-13-16-7-3-1-4-8-16)11-20-12-19(22)24-14-17-9-5-2-6-10-17/h1-10,18,20-21H,11-15H2/t18-/m1/s1. The molecule has 1 atom stereocenters. The Balaban J connectivity index is 1.52. The third kappa shape index (κ3) is 7.37. The number of aliphatic hydroxyl groups is 1. The van der Waals surface area contributed by atoms with Gasteiger partial charge in [-0.2, -0.15) is 0 Å². The van der Waals surface area contributed by atoms with Gasteiger partial charge in [0.25, 0.3) is 0 Å². The number of ether oxygens (including phenoxy) is 2. The molecule has 0 fully saturated rings. The fraction of sp³-hybridized carbons (Fsp3) is 0.316. The number of carbonyl (C=O) groups is 1. The molecule has 2 rings (SSSR count). The zero-order chi connectivity index (χ0) is 17.0. The van der Waals surface area contributed by atoms with Crippen LogP contribution in [0.3, 0.4) is 0 Å². The monoisotopic (exact) mass is 329 g/mol. The van der Waals surface area contributed by atoms with Crippen LogP contribution in [0.2, 0.25) is 0 Å². The summed E-state index contributed by atoms with van der Waals surface area (Å²) in [6.07, 6.45) is -0.671. The van der Waals surface area contributed by atoms with Crippen molar-refractivity contribution in [3.8, 4) is 0 Å². The van der Waals surface area contributed by atoms with E-state index in [2.05, 4.69) is 5.32 Å². The summed E-state index contributed by atoms with van der Waals surface area (Å²) in [4.78, 5) is 11.6. The number of rotatable bonds is 10. The highest BCUT2D eigenvalue weighted by atomic mass is 16.5. The second-order valence-corrected chi connectivity index (χ2v) is 5.43. The van der Waals surface area contributed by atoms with Crippen molar-refractivity contribution in [2.24, 2.45) is 0 Å². The average molecular weight is 329 g/mol. The van der Waals surface area contributed by atoms with Crippen molar-refractivity contribution >= 4 is 5.97 Å². The van der Waals surface area contributed by atoms with Gasteiger partial charge in [-0.05, 0) is 11.1 Å². The molecule has 0 aliphatic rings. The van der Waals surface area contributed by atoms with Crippen molar-refractivity contribution in [2.75, 3.05) is 19.7 Å². The Kier molecular flexibility index (Phi) is 7.97. The zero-order valence-corrected chi connectivity index (χ0v) is 13.6. The molecule has 128 valence electrons. The van der Waals surface area contributed by atoms with Crippen molar-refractivity contribution in [2.45, 2.75) is 19.3 Å². The van der Waals surface area contributed by atoms with Crippen LogP contribution in [0.1, 0.15) is 11.1 Å². The molecule has 0 bridgehead atoms. The third-order valence-electron chi connectivity index (χ3n) is 3.31. The van der Waals surface area contributed by atoms with E-state index >= 15 is 0 Å². The van der Waals surface area contributed by atoms with Crippen LogP contribution in [0.25, 0.3) is 0 Å². The number of hydrogen-bond acceptors (Lipinski definition) is 5. The zero-order valence-electron chi connectivity index (χ0n) is 13.6. The molecule has 0 aliphatic carbocycles. The highest BCUT2D eigenvalue weighted by molar-refractivity contribution is 5.71. The first-order chi connectivity index (χ1) is 11.7. The summed E-state index contributed by atoms with van der Waals surface area (Å²) >= 11 is 0. The first-order valence-corrected chi connectivity index (χ1v) is 7.94. The van der Waals surface area contributed by atoms with Crippen LogP contribution in [-0.4, -0.2) is 36.9 Å². The van der Waals surface area contributed by atoms with Gasteiger partial charge in [-0.15, -0.1) is 0 Å². The first kappa shape index (κ1) is 18.1. The Morgan fingerprint density at radius 3 is 2.17 bits per heavy atom. The number of aliphatic hydroxyl groups excluding tert-OH is 1. The molecular weight excluding hydrogens is 306 g/mol. The summed E-state index contributed by atoms with van der Waals surface area (Å²) in [5.74, 6) is -0.351. The van der Waals surface area contributed by atoms with E-state index in [9.17, 15) is 9.90 Å². The molecule has 5 heteroatoms. The van der Waals surface area contributed by atoms with E-state index in [4.69, 9.17) is 9.47 Å². The Labute approximate surface area is 142 Å². The van der Waals surface area contributed by atoms with E-state index in [1.54, 1.807) is 0 Å². The number of esters is 1. The molecule has 0 radical (unpaired) electrons. The Bertz CT molecular complexity index is 589. The molecule has 5 nitrogen and oxygen atoms in total. The number of benzene rings is 2. The maximum absolute atomic E-state index is 11.6. The highest BCUT2D eigenvalue weighted by Gasteiger charge is 2.07. The lowest BCUT2D eigenvalue weighted by Crippen LogP contribution is -2.34. The van der Waals surface area contributed by atoms with Crippen LogP contribution in [0, 0.1) is 0 Å². The normalized spacial score (nSPS) is 11.9. The van der Waals surface area contributed by atoms with Crippen molar-refractivity contribution in [3.05, 3.63) is 71.8 Å². The van der Waals surface area contributed by atoms with Crippen molar-refractivity contribution in [1.29, 1.82) is 0 Å². The second kappa shape index (κ2) is 10.5. The molecule has 0 aliphatic heterocycles. The van der Waals surface area contributed by atoms with Crippen LogP contribution in [0.5, 0.6) is 0 Å². The fourth-order valence-electron chi connectivity index (χ4n) is 2.08. The van der Waals surface area contributed by atoms with Gasteiger partial charge >= 0.3 is 5.97 Å². The molecule has 0 aromatic heterocycles. The van der Waals surface area contributed by atoms with Gasteiger partial charge in [0.1, 0.15) is 6.61 Å². The lowest BCUT2D eigenvalue weighted by atomic mass is 10.2. The van der Waals surface area contributed by atoms with Crippen LogP contribution in [0.15, 0.2) is 60.7 Å². The number of hydrogen-bond donors (Lipinski definition) is 2. The van der Waals surface area contributed by atoms with E-state index < -0.39 is 6.10 Å². The first-order valence-electron chi connectivity index (χ1n) is 7.94. The summed E-state index contributed by atoms with van der Waals surface area (Å²) in [6.45, 7) is 1.25. The Morgan fingerprint density at radius 2 is 1.54 bits per heavy atom. The summed E-state index contributed by atoms with van der Waals surface area (Å²) in [6, 6.07) is 19.3. The van der Waals surface area contributed by atoms with Gasteiger partial charge in [-0.25, -0.2) is 0 Å². The van der Waals surface area contributed by atoms with Gasteiger partial charge in [0.2, 0.25) is 0 Å². The minimum absolute atomic E-state index is 0.0581. The quantitative estimate of drug-likeness (QED) is 0.652. The molecule has 0 unspecified atom stereocenters. The summed E-state index contributed by atoms with van der Waals surface area (Å²) in [5.41, 5.74) is 2.00. The molecule has 24 heavy (non-hydrogen) atoms. The largest absolute Gasteiger partial charge is 0.460 e. The minimum Gasteiger partial charge on any atom is -0.460 e. The molecule has 0 amide bonds. The van der Waals surface area contributed by atoms with Crippen LogP contribution in [-0.2, 0) is 27.5 Å². The lowest BCUT2D eigenvalue weighted by molar-refractivity contribution is -0.143. The topological polar surface area (TPSA) is 67.8 Å². The fourth-order valence-corrected chi connectivity index (χ4v) is 2.08. The smallest absolute Gasteiger partial charge is 0.320 e. The van der Waals surface area contributed by atoms with E-state index in [0.29, 0.717) is 6.61 Å². The third-order valence-corrected chi connectivity index (χ3v) is 3.31. The lowest BCUT2D eigenvalue weighted by Gasteiger charge is -2.12. The predicted octanol–water partition coefficient (Wildman–Crippen LogP) is 1.90. The van der Waals surface area contributed by atoms with Gasteiger partial charge in [0.15, 0.2) is 0 Å². The van der Waals surface area contributed by atoms with Crippen molar-refractivity contribution in [1.82, 2.24) is 5.32 Å². The molecule has 2 aromatic carbocycles. The predicted molar refractivity (Wildman–Crippen MR) is 91.2 cm³/mol. The van der Waals surface area contributed by atoms with E-state index in [0.717, 1.165) is 11.1 Å². The Hall–Kier alpha value is -2.21. The van der Waals surface area contributed by atoms with Crippen molar-refractivity contribution < 1.29 is 19.4 Å². The van der Waals surface area contributed by atoms with E-state index in [-0.39, 0.29) is 32.3 Å². The minimum atomic E-state index is -0.671. The van der Waals surface area contributed by atoms with E-state index in [1.165, 1.54) is 0 Å². The molecule has 2 aromatic rings. The molecule has 0 spiro atoms. The highest BCUT2D eigenvalue weighted by Crippen LogP contribution is 2.01. The second-order valence-electron chi connectivity index (χ2n) is 5.43. The van der Waals surface area contributed by atoms with Crippen molar-refractivity contribution in [3.63, 3.8) is 0 Å². The van der Waals surface area contributed by atoms with Crippen LogP contribution >= 0.6 is 0 Å².